The van der Waals surface area contributed by atoms with E-state index >= 15 is 0 Å². The molecule has 0 saturated heterocycles. The summed E-state index contributed by atoms with van der Waals surface area (Å²) in [5.41, 5.74) is 0.801. The molecule has 0 heterocycles. The van der Waals surface area contributed by atoms with Crippen LogP contribution in [0.3, 0.4) is 0 Å². The van der Waals surface area contributed by atoms with Gasteiger partial charge in [0.1, 0.15) is 0 Å². The number of aliphatic hydroxyl groups is 1. The molecule has 0 radical (unpaired) electrons. The summed E-state index contributed by atoms with van der Waals surface area (Å²) >= 11 is 0. The van der Waals surface area contributed by atoms with Gasteiger partial charge in [-0.1, -0.05) is 18.2 Å². The third kappa shape index (κ3) is 3.25. The Morgan fingerprint density at radius 3 is 2.53 bits per heavy atom. The van der Waals surface area contributed by atoms with Crippen molar-refractivity contribution in [3.63, 3.8) is 0 Å². The Morgan fingerprint density at radius 2 is 2.00 bits per heavy atom. The first-order valence-electron chi connectivity index (χ1n) is 4.85. The van der Waals surface area contributed by atoms with Gasteiger partial charge < -0.3 is 10.4 Å². The number of halogens is 2. The van der Waals surface area contributed by atoms with E-state index in [1.807, 2.05) is 0 Å². The third-order valence-corrected chi connectivity index (χ3v) is 2.33. The minimum absolute atomic E-state index is 0.0192. The molecule has 1 atom stereocenters. The van der Waals surface area contributed by atoms with E-state index in [0.29, 0.717) is 6.42 Å². The van der Waals surface area contributed by atoms with Crippen LogP contribution in [0.5, 0.6) is 0 Å². The first kappa shape index (κ1) is 12.1. The van der Waals surface area contributed by atoms with E-state index in [9.17, 15) is 8.78 Å². The van der Waals surface area contributed by atoms with Gasteiger partial charge in [-0.15, -0.1) is 0 Å². The van der Waals surface area contributed by atoms with Crippen LogP contribution in [0.15, 0.2) is 24.3 Å². The monoisotopic (exact) mass is 215 g/mol. The van der Waals surface area contributed by atoms with Crippen molar-refractivity contribution in [3.8, 4) is 0 Å². The molecular weight excluding hydrogens is 200 g/mol. The SMILES string of the molecule is CNC(CCO)c1cccc(C(F)F)c1. The standard InChI is InChI=1S/C11H15F2NO/c1-14-10(5-6-15)8-3-2-4-9(7-8)11(12)13/h2-4,7,10-11,14-15H,5-6H2,1H3. The predicted molar refractivity (Wildman–Crippen MR) is 54.9 cm³/mol. The van der Waals surface area contributed by atoms with Gasteiger partial charge in [-0.05, 0) is 25.1 Å². The lowest BCUT2D eigenvalue weighted by atomic mass is 10.0. The van der Waals surface area contributed by atoms with Gasteiger partial charge in [0.2, 0.25) is 0 Å². The summed E-state index contributed by atoms with van der Waals surface area (Å²) < 4.78 is 24.9. The van der Waals surface area contributed by atoms with Crippen molar-refractivity contribution in [2.24, 2.45) is 0 Å². The van der Waals surface area contributed by atoms with Gasteiger partial charge in [-0.2, -0.15) is 0 Å². The van der Waals surface area contributed by atoms with Gasteiger partial charge in [-0.25, -0.2) is 8.78 Å². The van der Waals surface area contributed by atoms with Crippen molar-refractivity contribution in [1.82, 2.24) is 5.32 Å². The van der Waals surface area contributed by atoms with Crippen LogP contribution in [0.25, 0.3) is 0 Å². The Balaban J connectivity index is 2.87. The molecule has 0 spiro atoms. The highest BCUT2D eigenvalue weighted by molar-refractivity contribution is 5.26. The summed E-state index contributed by atoms with van der Waals surface area (Å²) in [6.07, 6.45) is -1.93. The highest BCUT2D eigenvalue weighted by Gasteiger charge is 2.12. The van der Waals surface area contributed by atoms with Gasteiger partial charge in [0.25, 0.3) is 6.43 Å². The topological polar surface area (TPSA) is 32.3 Å². The zero-order chi connectivity index (χ0) is 11.3. The van der Waals surface area contributed by atoms with Crippen molar-refractivity contribution in [2.45, 2.75) is 18.9 Å². The van der Waals surface area contributed by atoms with Crippen LogP contribution in [0.1, 0.15) is 30.0 Å². The molecule has 0 saturated carbocycles. The molecule has 2 nitrogen and oxygen atoms in total. The van der Waals surface area contributed by atoms with Gasteiger partial charge in [0.05, 0.1) is 0 Å². The number of rotatable bonds is 5. The third-order valence-electron chi connectivity index (χ3n) is 2.33. The molecular formula is C11H15F2NO. The maximum absolute atomic E-state index is 12.4. The summed E-state index contributed by atoms with van der Waals surface area (Å²) in [7, 11) is 1.75. The first-order chi connectivity index (χ1) is 7.19. The van der Waals surface area contributed by atoms with Crippen LogP contribution in [0.4, 0.5) is 8.78 Å². The second-order valence-corrected chi connectivity index (χ2v) is 3.32. The van der Waals surface area contributed by atoms with Crippen LogP contribution >= 0.6 is 0 Å². The van der Waals surface area contributed by atoms with E-state index in [4.69, 9.17) is 5.11 Å². The van der Waals surface area contributed by atoms with Crippen molar-refractivity contribution < 1.29 is 13.9 Å². The zero-order valence-electron chi connectivity index (χ0n) is 8.58. The van der Waals surface area contributed by atoms with Gasteiger partial charge in [0.15, 0.2) is 0 Å². The summed E-state index contributed by atoms with van der Waals surface area (Å²) in [6.45, 7) is 0.0322. The lowest BCUT2D eigenvalue weighted by molar-refractivity contribution is 0.151. The van der Waals surface area contributed by atoms with Crippen LogP contribution in [0, 0.1) is 0 Å². The minimum Gasteiger partial charge on any atom is -0.396 e. The van der Waals surface area contributed by atoms with E-state index in [-0.39, 0.29) is 18.2 Å². The number of hydrogen-bond donors (Lipinski definition) is 2. The van der Waals surface area contributed by atoms with Crippen LogP contribution in [0.2, 0.25) is 0 Å². The van der Waals surface area contributed by atoms with Gasteiger partial charge in [0, 0.05) is 18.2 Å². The molecule has 0 bridgehead atoms. The fraction of sp³-hybridized carbons (Fsp3) is 0.455. The van der Waals surface area contributed by atoms with Crippen molar-refractivity contribution >= 4 is 0 Å². The first-order valence-corrected chi connectivity index (χ1v) is 4.85. The molecule has 0 amide bonds. The van der Waals surface area contributed by atoms with Crippen LogP contribution < -0.4 is 5.32 Å². The maximum Gasteiger partial charge on any atom is 0.263 e. The van der Waals surface area contributed by atoms with Crippen LogP contribution in [-0.2, 0) is 0 Å². The number of hydrogen-bond acceptors (Lipinski definition) is 2. The zero-order valence-corrected chi connectivity index (χ0v) is 8.58. The molecule has 0 aliphatic rings. The average Bonchev–Trinajstić information content (AvgIpc) is 2.26. The Bertz CT molecular complexity index is 304. The van der Waals surface area contributed by atoms with E-state index in [1.165, 1.54) is 12.1 Å². The molecule has 4 heteroatoms. The Morgan fingerprint density at radius 1 is 1.33 bits per heavy atom. The number of aliphatic hydroxyl groups excluding tert-OH is 1. The minimum atomic E-state index is -2.45. The summed E-state index contributed by atoms with van der Waals surface area (Å²) in [4.78, 5) is 0. The smallest absolute Gasteiger partial charge is 0.263 e. The normalized spacial score (nSPS) is 13.1. The van der Waals surface area contributed by atoms with E-state index < -0.39 is 6.43 Å². The predicted octanol–water partition coefficient (Wildman–Crippen LogP) is 2.27. The van der Waals surface area contributed by atoms with E-state index in [0.717, 1.165) is 5.56 Å². The lowest BCUT2D eigenvalue weighted by Crippen LogP contribution is -2.17. The Kier molecular flexibility index (Phi) is 4.65. The molecule has 0 aliphatic carbocycles. The second-order valence-electron chi connectivity index (χ2n) is 3.32. The number of benzene rings is 1. The number of nitrogens with one attached hydrogen (secondary N) is 1. The highest BCUT2D eigenvalue weighted by atomic mass is 19.3. The van der Waals surface area contributed by atoms with Crippen molar-refractivity contribution in [1.29, 1.82) is 0 Å². The van der Waals surface area contributed by atoms with Crippen LogP contribution in [-0.4, -0.2) is 18.8 Å². The lowest BCUT2D eigenvalue weighted by Gasteiger charge is -2.16. The van der Waals surface area contributed by atoms with E-state index in [2.05, 4.69) is 5.32 Å². The molecule has 1 aromatic rings. The highest BCUT2D eigenvalue weighted by Crippen LogP contribution is 2.23. The van der Waals surface area contributed by atoms with Gasteiger partial charge >= 0.3 is 0 Å². The average molecular weight is 215 g/mol. The molecule has 1 aromatic carbocycles. The number of alkyl halides is 2. The van der Waals surface area contributed by atoms with Crippen molar-refractivity contribution in [3.05, 3.63) is 35.4 Å². The Hall–Kier alpha value is -1.00. The fourth-order valence-electron chi connectivity index (χ4n) is 1.52. The van der Waals surface area contributed by atoms with Crippen molar-refractivity contribution in [2.75, 3.05) is 13.7 Å². The van der Waals surface area contributed by atoms with Gasteiger partial charge in [-0.3, -0.25) is 0 Å². The molecule has 1 unspecified atom stereocenters. The Labute approximate surface area is 87.9 Å². The second kappa shape index (κ2) is 5.78. The molecule has 2 N–H and O–H groups in total. The van der Waals surface area contributed by atoms with E-state index in [1.54, 1.807) is 19.2 Å². The molecule has 0 aromatic heterocycles. The molecule has 84 valence electrons. The summed E-state index contributed by atoms with van der Waals surface area (Å²) in [6, 6.07) is 6.19. The largest absolute Gasteiger partial charge is 0.396 e. The summed E-state index contributed by atoms with van der Waals surface area (Å²) in [5.74, 6) is 0. The quantitative estimate of drug-likeness (QED) is 0.789. The molecule has 15 heavy (non-hydrogen) atoms. The molecule has 0 fully saturated rings. The maximum atomic E-state index is 12.4. The molecule has 1 rings (SSSR count). The fourth-order valence-corrected chi connectivity index (χ4v) is 1.52. The summed E-state index contributed by atoms with van der Waals surface area (Å²) in [5, 5.41) is 11.8. The molecule has 0 aliphatic heterocycles.